The number of aromatic nitrogens is 1. The molecule has 2 aromatic heterocycles. The second-order valence-electron chi connectivity index (χ2n) is 3.77. The highest BCUT2D eigenvalue weighted by Crippen LogP contribution is 2.21. The van der Waals surface area contributed by atoms with Crippen LogP contribution in [0.1, 0.15) is 10.6 Å². The lowest BCUT2D eigenvalue weighted by molar-refractivity contribution is 0.0782. The monoisotopic (exact) mass is 240 g/mol. The van der Waals surface area contributed by atoms with E-state index in [2.05, 4.69) is 10.9 Å². The second-order valence-corrected chi connectivity index (χ2v) is 3.77. The minimum Gasteiger partial charge on any atom is -0.451 e. The molecule has 0 aliphatic rings. The molecule has 0 fully saturated rings. The molecule has 0 bridgehead atoms. The molecule has 2 rings (SSSR count). The van der Waals surface area contributed by atoms with Gasteiger partial charge in [0.2, 0.25) is 0 Å². The van der Waals surface area contributed by atoms with Crippen LogP contribution in [0, 0.1) is 12.3 Å². The zero-order valence-corrected chi connectivity index (χ0v) is 9.96. The predicted molar refractivity (Wildman–Crippen MR) is 67.7 cm³/mol. The molecule has 90 valence electrons. The second kappa shape index (κ2) is 5.19. The molecule has 2 heterocycles. The van der Waals surface area contributed by atoms with Crippen LogP contribution in [0.5, 0.6) is 0 Å². The quantitative estimate of drug-likeness (QED) is 0.771. The van der Waals surface area contributed by atoms with Gasteiger partial charge >= 0.3 is 0 Å². The molecule has 4 nitrogen and oxygen atoms in total. The standard InChI is InChI=1S/C14H12N2O2/c1-3-9-16(2)14(17)13-7-6-12(18-13)11-5-4-8-15-10-11/h1,4-8,10H,9H2,2H3. The van der Waals surface area contributed by atoms with Crippen LogP contribution in [0.2, 0.25) is 0 Å². The van der Waals surface area contributed by atoms with Crippen LogP contribution in [-0.2, 0) is 0 Å². The van der Waals surface area contributed by atoms with Crippen molar-refractivity contribution in [2.45, 2.75) is 0 Å². The number of nitrogens with zero attached hydrogens (tertiary/aromatic N) is 2. The summed E-state index contributed by atoms with van der Waals surface area (Å²) in [5.74, 6) is 3.06. The maximum Gasteiger partial charge on any atom is 0.290 e. The van der Waals surface area contributed by atoms with Gasteiger partial charge in [0, 0.05) is 25.0 Å². The fraction of sp³-hybridized carbons (Fsp3) is 0.143. The summed E-state index contributed by atoms with van der Waals surface area (Å²) in [6.45, 7) is 0.252. The molecule has 0 saturated heterocycles. The molecule has 0 unspecified atom stereocenters. The van der Waals surface area contributed by atoms with Crippen LogP contribution >= 0.6 is 0 Å². The number of terminal acetylenes is 1. The van der Waals surface area contributed by atoms with Crippen molar-refractivity contribution >= 4 is 5.91 Å². The van der Waals surface area contributed by atoms with Crippen molar-refractivity contribution in [3.63, 3.8) is 0 Å². The first kappa shape index (κ1) is 11.9. The van der Waals surface area contributed by atoms with E-state index in [1.165, 1.54) is 4.90 Å². The molecule has 0 atom stereocenters. The van der Waals surface area contributed by atoms with Crippen molar-refractivity contribution < 1.29 is 9.21 Å². The van der Waals surface area contributed by atoms with Crippen LogP contribution in [0.25, 0.3) is 11.3 Å². The van der Waals surface area contributed by atoms with E-state index in [1.807, 2.05) is 12.1 Å². The lowest BCUT2D eigenvalue weighted by Gasteiger charge is -2.11. The van der Waals surface area contributed by atoms with E-state index < -0.39 is 0 Å². The van der Waals surface area contributed by atoms with E-state index in [4.69, 9.17) is 10.8 Å². The first-order chi connectivity index (χ1) is 8.72. The van der Waals surface area contributed by atoms with E-state index in [1.54, 1.807) is 31.6 Å². The van der Waals surface area contributed by atoms with Gasteiger partial charge in [-0.3, -0.25) is 9.78 Å². The highest BCUT2D eigenvalue weighted by molar-refractivity contribution is 5.92. The van der Waals surface area contributed by atoms with Gasteiger partial charge in [0.15, 0.2) is 5.76 Å². The minimum atomic E-state index is -0.233. The molecule has 4 heteroatoms. The number of pyridine rings is 1. The Morgan fingerprint density at radius 3 is 3.00 bits per heavy atom. The maximum absolute atomic E-state index is 11.9. The summed E-state index contributed by atoms with van der Waals surface area (Å²) < 4.78 is 5.50. The summed E-state index contributed by atoms with van der Waals surface area (Å²) in [6, 6.07) is 7.06. The Kier molecular flexibility index (Phi) is 3.44. The first-order valence-corrected chi connectivity index (χ1v) is 5.41. The van der Waals surface area contributed by atoms with E-state index >= 15 is 0 Å². The first-order valence-electron chi connectivity index (χ1n) is 5.41. The van der Waals surface area contributed by atoms with Crippen molar-refractivity contribution in [1.29, 1.82) is 0 Å². The zero-order chi connectivity index (χ0) is 13.0. The third-order valence-electron chi connectivity index (χ3n) is 2.44. The molecule has 0 aliphatic carbocycles. The summed E-state index contributed by atoms with van der Waals surface area (Å²) in [5.41, 5.74) is 0.830. The van der Waals surface area contributed by atoms with Crippen molar-refractivity contribution in [3.8, 4) is 23.7 Å². The highest BCUT2D eigenvalue weighted by Gasteiger charge is 2.15. The Hall–Kier alpha value is -2.54. The van der Waals surface area contributed by atoms with Gasteiger partial charge in [-0.05, 0) is 24.3 Å². The zero-order valence-electron chi connectivity index (χ0n) is 9.96. The maximum atomic E-state index is 11.9. The molecular weight excluding hydrogens is 228 g/mol. The number of amides is 1. The number of carbonyl (C=O) groups excluding carboxylic acids is 1. The van der Waals surface area contributed by atoms with Gasteiger partial charge in [-0.2, -0.15) is 0 Å². The average molecular weight is 240 g/mol. The van der Waals surface area contributed by atoms with E-state index in [0.717, 1.165) is 5.56 Å². The van der Waals surface area contributed by atoms with Crippen LogP contribution in [-0.4, -0.2) is 29.4 Å². The Labute approximate surface area is 105 Å². The summed E-state index contributed by atoms with van der Waals surface area (Å²) in [5, 5.41) is 0. The predicted octanol–water partition coefficient (Wildman–Crippen LogP) is 2.05. The van der Waals surface area contributed by atoms with Gasteiger partial charge < -0.3 is 9.32 Å². The van der Waals surface area contributed by atoms with Crippen molar-refractivity contribution in [3.05, 3.63) is 42.4 Å². The normalized spacial score (nSPS) is 9.78. The molecule has 0 saturated carbocycles. The number of furan rings is 1. The molecule has 0 spiro atoms. The average Bonchev–Trinajstić information content (AvgIpc) is 2.89. The van der Waals surface area contributed by atoms with Crippen LogP contribution in [0.15, 0.2) is 41.1 Å². The Morgan fingerprint density at radius 1 is 1.50 bits per heavy atom. The van der Waals surface area contributed by atoms with Gasteiger partial charge in [0.1, 0.15) is 5.76 Å². The lowest BCUT2D eigenvalue weighted by Crippen LogP contribution is -2.26. The van der Waals surface area contributed by atoms with E-state index in [9.17, 15) is 4.79 Å². The van der Waals surface area contributed by atoms with Crippen molar-refractivity contribution in [2.24, 2.45) is 0 Å². The van der Waals surface area contributed by atoms with Crippen molar-refractivity contribution in [1.82, 2.24) is 9.88 Å². The molecule has 0 aromatic carbocycles. The highest BCUT2D eigenvalue weighted by atomic mass is 16.4. The number of rotatable bonds is 3. The summed E-state index contributed by atoms with van der Waals surface area (Å²) >= 11 is 0. The fourth-order valence-corrected chi connectivity index (χ4v) is 1.51. The van der Waals surface area contributed by atoms with Crippen LogP contribution in [0.4, 0.5) is 0 Å². The van der Waals surface area contributed by atoms with Gasteiger partial charge in [-0.15, -0.1) is 6.42 Å². The molecule has 18 heavy (non-hydrogen) atoms. The van der Waals surface area contributed by atoms with Crippen LogP contribution in [0.3, 0.4) is 0 Å². The molecule has 1 amide bonds. The smallest absolute Gasteiger partial charge is 0.290 e. The molecular formula is C14H12N2O2. The third-order valence-corrected chi connectivity index (χ3v) is 2.44. The summed E-state index contributed by atoms with van der Waals surface area (Å²) in [7, 11) is 1.63. The fourth-order valence-electron chi connectivity index (χ4n) is 1.51. The summed E-state index contributed by atoms with van der Waals surface area (Å²) in [4.78, 5) is 17.3. The summed E-state index contributed by atoms with van der Waals surface area (Å²) in [6.07, 6.45) is 8.52. The Morgan fingerprint density at radius 2 is 2.33 bits per heavy atom. The molecule has 0 radical (unpaired) electrons. The van der Waals surface area contributed by atoms with Gasteiger partial charge in [0.05, 0.1) is 6.54 Å². The molecule has 0 aliphatic heterocycles. The van der Waals surface area contributed by atoms with Crippen molar-refractivity contribution in [2.75, 3.05) is 13.6 Å². The topological polar surface area (TPSA) is 46.3 Å². The number of carbonyl (C=O) groups is 1. The van der Waals surface area contributed by atoms with Gasteiger partial charge in [0.25, 0.3) is 5.91 Å². The van der Waals surface area contributed by atoms with Gasteiger partial charge in [-0.25, -0.2) is 0 Å². The van der Waals surface area contributed by atoms with E-state index in [0.29, 0.717) is 5.76 Å². The molecule has 2 aromatic rings. The third kappa shape index (κ3) is 2.41. The number of hydrogen-bond donors (Lipinski definition) is 0. The SMILES string of the molecule is C#CCN(C)C(=O)c1ccc(-c2cccnc2)o1. The largest absolute Gasteiger partial charge is 0.451 e. The van der Waals surface area contributed by atoms with Gasteiger partial charge in [-0.1, -0.05) is 5.92 Å². The number of hydrogen-bond acceptors (Lipinski definition) is 3. The lowest BCUT2D eigenvalue weighted by atomic mass is 10.2. The van der Waals surface area contributed by atoms with Crippen LogP contribution < -0.4 is 0 Å². The Balaban J connectivity index is 2.22. The minimum absolute atomic E-state index is 0.233. The Bertz CT molecular complexity index is 581. The molecule has 0 N–H and O–H groups in total. The van der Waals surface area contributed by atoms with E-state index in [-0.39, 0.29) is 18.2 Å².